The Morgan fingerprint density at radius 2 is 1.38 bits per heavy atom. The SMILES string of the molecule is CCCCCCCCCCC1(c2ccccc2)OCCO1. The molecule has 1 heterocycles. The molecule has 0 saturated carbocycles. The molecule has 0 N–H and O–H groups in total. The van der Waals surface area contributed by atoms with Gasteiger partial charge in [-0.1, -0.05) is 82.2 Å². The summed E-state index contributed by atoms with van der Waals surface area (Å²) in [6.45, 7) is 3.70. The highest BCUT2D eigenvalue weighted by Gasteiger charge is 2.37. The van der Waals surface area contributed by atoms with E-state index in [2.05, 4.69) is 31.2 Å². The van der Waals surface area contributed by atoms with Gasteiger partial charge in [0.25, 0.3) is 0 Å². The minimum Gasteiger partial charge on any atom is -0.343 e. The molecule has 0 spiro atoms. The highest BCUT2D eigenvalue weighted by Crippen LogP contribution is 2.36. The maximum absolute atomic E-state index is 5.96. The number of benzene rings is 1. The van der Waals surface area contributed by atoms with E-state index in [4.69, 9.17) is 9.47 Å². The third kappa shape index (κ3) is 5.12. The summed E-state index contributed by atoms with van der Waals surface area (Å²) in [6, 6.07) is 10.4. The van der Waals surface area contributed by atoms with E-state index >= 15 is 0 Å². The van der Waals surface area contributed by atoms with E-state index in [1.165, 1.54) is 56.9 Å². The Morgan fingerprint density at radius 3 is 2.00 bits per heavy atom. The maximum atomic E-state index is 5.96. The predicted octanol–water partition coefficient (Wildman–Crippen LogP) is 5.42. The molecule has 2 heteroatoms. The molecule has 1 aliphatic rings. The van der Waals surface area contributed by atoms with Crippen molar-refractivity contribution in [2.45, 2.75) is 70.5 Å². The van der Waals surface area contributed by atoms with Crippen LogP contribution >= 0.6 is 0 Å². The Hall–Kier alpha value is -0.860. The Morgan fingerprint density at radius 1 is 0.810 bits per heavy atom. The molecule has 2 rings (SSSR count). The van der Waals surface area contributed by atoms with E-state index in [0.717, 1.165) is 6.42 Å². The first-order chi connectivity index (χ1) is 10.4. The molecule has 0 bridgehead atoms. The number of unbranched alkanes of at least 4 members (excludes halogenated alkanes) is 7. The van der Waals surface area contributed by atoms with Gasteiger partial charge >= 0.3 is 0 Å². The lowest BCUT2D eigenvalue weighted by molar-refractivity contribution is -0.171. The Kier molecular flexibility index (Phi) is 7.25. The molecule has 2 nitrogen and oxygen atoms in total. The topological polar surface area (TPSA) is 18.5 Å². The van der Waals surface area contributed by atoms with Crippen LogP contribution in [-0.4, -0.2) is 13.2 Å². The van der Waals surface area contributed by atoms with E-state index in [1.807, 2.05) is 6.07 Å². The molecule has 1 aliphatic heterocycles. The number of ether oxygens (including phenoxy) is 2. The summed E-state index contributed by atoms with van der Waals surface area (Å²) in [4.78, 5) is 0. The molecule has 0 atom stereocenters. The fraction of sp³-hybridized carbons (Fsp3) is 0.684. The molecule has 0 unspecified atom stereocenters. The Balaban J connectivity index is 1.70. The van der Waals surface area contributed by atoms with E-state index in [0.29, 0.717) is 13.2 Å². The lowest BCUT2D eigenvalue weighted by atomic mass is 9.98. The summed E-state index contributed by atoms with van der Waals surface area (Å²) in [5, 5.41) is 0. The van der Waals surface area contributed by atoms with Crippen LogP contribution < -0.4 is 0 Å². The van der Waals surface area contributed by atoms with Crippen LogP contribution in [0.1, 0.15) is 70.3 Å². The van der Waals surface area contributed by atoms with Crippen molar-refractivity contribution in [2.24, 2.45) is 0 Å². The summed E-state index contributed by atoms with van der Waals surface area (Å²) in [5.41, 5.74) is 1.17. The quantitative estimate of drug-likeness (QED) is 0.536. The van der Waals surface area contributed by atoms with Gasteiger partial charge in [0.1, 0.15) is 0 Å². The zero-order valence-corrected chi connectivity index (χ0v) is 13.5. The number of rotatable bonds is 10. The largest absolute Gasteiger partial charge is 0.343 e. The van der Waals surface area contributed by atoms with Crippen molar-refractivity contribution >= 4 is 0 Å². The van der Waals surface area contributed by atoms with Gasteiger partial charge in [0, 0.05) is 12.0 Å². The highest BCUT2D eigenvalue weighted by molar-refractivity contribution is 5.20. The zero-order chi connectivity index (χ0) is 14.8. The van der Waals surface area contributed by atoms with Crippen molar-refractivity contribution < 1.29 is 9.47 Å². The van der Waals surface area contributed by atoms with Crippen molar-refractivity contribution in [3.63, 3.8) is 0 Å². The monoisotopic (exact) mass is 290 g/mol. The zero-order valence-electron chi connectivity index (χ0n) is 13.5. The molecule has 1 aromatic carbocycles. The smallest absolute Gasteiger partial charge is 0.194 e. The summed E-state index contributed by atoms with van der Waals surface area (Å²) >= 11 is 0. The number of hydrogen-bond acceptors (Lipinski definition) is 2. The van der Waals surface area contributed by atoms with Crippen molar-refractivity contribution in [1.29, 1.82) is 0 Å². The van der Waals surface area contributed by atoms with Crippen LogP contribution in [0, 0.1) is 0 Å². The highest BCUT2D eigenvalue weighted by atomic mass is 16.7. The molecule has 21 heavy (non-hydrogen) atoms. The van der Waals surface area contributed by atoms with Crippen molar-refractivity contribution in [2.75, 3.05) is 13.2 Å². The van der Waals surface area contributed by atoms with Crippen LogP contribution in [0.4, 0.5) is 0 Å². The minimum atomic E-state index is -0.469. The van der Waals surface area contributed by atoms with Gasteiger partial charge < -0.3 is 9.47 Å². The summed E-state index contributed by atoms with van der Waals surface area (Å²) in [7, 11) is 0. The summed E-state index contributed by atoms with van der Waals surface area (Å²) in [5.74, 6) is -0.469. The fourth-order valence-corrected chi connectivity index (χ4v) is 3.09. The lowest BCUT2D eigenvalue weighted by Gasteiger charge is -2.28. The van der Waals surface area contributed by atoms with E-state index < -0.39 is 5.79 Å². The molecular formula is C19H30O2. The molecule has 0 aliphatic carbocycles. The van der Waals surface area contributed by atoms with Crippen LogP contribution in [0.25, 0.3) is 0 Å². The van der Waals surface area contributed by atoms with Gasteiger partial charge in [-0.3, -0.25) is 0 Å². The van der Waals surface area contributed by atoms with Gasteiger partial charge in [-0.25, -0.2) is 0 Å². The first kappa shape index (κ1) is 16.5. The van der Waals surface area contributed by atoms with E-state index in [1.54, 1.807) is 0 Å². The molecule has 0 radical (unpaired) electrons. The molecular weight excluding hydrogens is 260 g/mol. The van der Waals surface area contributed by atoms with Crippen LogP contribution in [0.3, 0.4) is 0 Å². The second kappa shape index (κ2) is 9.22. The Bertz CT molecular complexity index is 368. The lowest BCUT2D eigenvalue weighted by Crippen LogP contribution is -2.27. The average Bonchev–Trinajstić information content (AvgIpc) is 3.01. The summed E-state index contributed by atoms with van der Waals surface area (Å²) in [6.07, 6.45) is 11.7. The third-order valence-electron chi connectivity index (χ3n) is 4.33. The van der Waals surface area contributed by atoms with Gasteiger partial charge in [0.2, 0.25) is 0 Å². The average molecular weight is 290 g/mol. The van der Waals surface area contributed by atoms with Crippen molar-refractivity contribution in [3.8, 4) is 0 Å². The number of hydrogen-bond donors (Lipinski definition) is 0. The van der Waals surface area contributed by atoms with Crippen LogP contribution in [0.2, 0.25) is 0 Å². The second-order valence-corrected chi connectivity index (χ2v) is 6.04. The maximum Gasteiger partial charge on any atom is 0.194 e. The fourth-order valence-electron chi connectivity index (χ4n) is 3.09. The molecule has 1 fully saturated rings. The standard InChI is InChI=1S/C19H30O2/c1-2-3-4-5-6-7-8-12-15-19(20-16-17-21-19)18-13-10-9-11-14-18/h9-11,13-14H,2-8,12,15-17H2,1H3. The normalized spacial score (nSPS) is 17.2. The molecule has 118 valence electrons. The van der Waals surface area contributed by atoms with Gasteiger partial charge in [-0.2, -0.15) is 0 Å². The molecule has 1 saturated heterocycles. The van der Waals surface area contributed by atoms with E-state index in [9.17, 15) is 0 Å². The first-order valence-corrected chi connectivity index (χ1v) is 8.71. The second-order valence-electron chi connectivity index (χ2n) is 6.04. The van der Waals surface area contributed by atoms with Gasteiger partial charge in [-0.05, 0) is 6.42 Å². The first-order valence-electron chi connectivity index (χ1n) is 8.71. The molecule has 0 amide bonds. The molecule has 1 aromatic rings. The van der Waals surface area contributed by atoms with Gasteiger partial charge in [0.05, 0.1) is 13.2 Å². The summed E-state index contributed by atoms with van der Waals surface area (Å²) < 4.78 is 11.9. The van der Waals surface area contributed by atoms with Crippen molar-refractivity contribution in [3.05, 3.63) is 35.9 Å². The van der Waals surface area contributed by atoms with Crippen LogP contribution in [0.15, 0.2) is 30.3 Å². The Labute approximate surface area is 129 Å². The van der Waals surface area contributed by atoms with Gasteiger partial charge in [-0.15, -0.1) is 0 Å². The van der Waals surface area contributed by atoms with Crippen LogP contribution in [0.5, 0.6) is 0 Å². The third-order valence-corrected chi connectivity index (χ3v) is 4.33. The predicted molar refractivity (Wildman–Crippen MR) is 87.3 cm³/mol. The van der Waals surface area contributed by atoms with Crippen molar-refractivity contribution in [1.82, 2.24) is 0 Å². The molecule has 0 aromatic heterocycles. The van der Waals surface area contributed by atoms with E-state index in [-0.39, 0.29) is 0 Å². The minimum absolute atomic E-state index is 0.469. The van der Waals surface area contributed by atoms with Gasteiger partial charge in [0.15, 0.2) is 5.79 Å². The van der Waals surface area contributed by atoms with Crippen LogP contribution in [-0.2, 0) is 15.3 Å².